The van der Waals surface area contributed by atoms with E-state index in [9.17, 15) is 4.79 Å². The predicted octanol–water partition coefficient (Wildman–Crippen LogP) is -1.66. The van der Waals surface area contributed by atoms with Crippen LogP contribution >= 0.6 is 0 Å². The van der Waals surface area contributed by atoms with Crippen LogP contribution in [-0.2, 0) is 4.79 Å². The van der Waals surface area contributed by atoms with E-state index in [4.69, 9.17) is 10.2 Å². The summed E-state index contributed by atoms with van der Waals surface area (Å²) in [7, 11) is 0. The van der Waals surface area contributed by atoms with Crippen molar-refractivity contribution in [1.82, 2.24) is 4.90 Å². The van der Waals surface area contributed by atoms with Gasteiger partial charge in [-0.3, -0.25) is 4.79 Å². The predicted molar refractivity (Wildman–Crippen MR) is 31.4 cm³/mol. The minimum absolute atomic E-state index is 0.0881. The third-order valence-corrected chi connectivity index (χ3v) is 0.869. The van der Waals surface area contributed by atoms with Gasteiger partial charge < -0.3 is 15.1 Å². The molecule has 0 aliphatic carbocycles. The van der Waals surface area contributed by atoms with E-state index in [1.165, 1.54) is 4.90 Å². The number of aliphatic hydroxyl groups is 2. The molecule has 53 valence electrons. The SMILES string of the molecule is O=[C]N(CCO)CCO. The van der Waals surface area contributed by atoms with Crippen LogP contribution in [0.1, 0.15) is 0 Å². The van der Waals surface area contributed by atoms with Gasteiger partial charge in [0.2, 0.25) is 0 Å². The summed E-state index contributed by atoms with van der Waals surface area (Å²) < 4.78 is 0. The van der Waals surface area contributed by atoms with Crippen LogP contribution in [0.3, 0.4) is 0 Å². The Balaban J connectivity index is 3.29. The average Bonchev–Trinajstić information content (AvgIpc) is 1.88. The maximum atomic E-state index is 9.86. The molecule has 0 unspecified atom stereocenters. The van der Waals surface area contributed by atoms with Gasteiger partial charge >= 0.3 is 6.41 Å². The van der Waals surface area contributed by atoms with Gasteiger partial charge in [0, 0.05) is 13.1 Å². The summed E-state index contributed by atoms with van der Waals surface area (Å²) in [6, 6.07) is 0. The lowest BCUT2D eigenvalue weighted by Crippen LogP contribution is -2.28. The fourth-order valence-corrected chi connectivity index (χ4v) is 0.445. The first-order valence-corrected chi connectivity index (χ1v) is 2.69. The number of aliphatic hydroxyl groups excluding tert-OH is 2. The Morgan fingerprint density at radius 2 is 1.67 bits per heavy atom. The summed E-state index contributed by atoms with van der Waals surface area (Å²) in [5, 5.41) is 16.6. The van der Waals surface area contributed by atoms with Gasteiger partial charge in [-0.25, -0.2) is 0 Å². The molecule has 0 saturated heterocycles. The van der Waals surface area contributed by atoms with Gasteiger partial charge in [0.1, 0.15) is 0 Å². The molecule has 0 aliphatic rings. The third kappa shape index (κ3) is 3.93. The number of nitrogens with zero attached hydrogens (tertiary/aromatic N) is 1. The van der Waals surface area contributed by atoms with E-state index in [0.717, 1.165) is 0 Å². The molecule has 4 nitrogen and oxygen atoms in total. The summed E-state index contributed by atoms with van der Waals surface area (Å²) in [4.78, 5) is 11.0. The van der Waals surface area contributed by atoms with Crippen molar-refractivity contribution in [2.45, 2.75) is 0 Å². The Bertz CT molecular complexity index is 70.6. The Labute approximate surface area is 53.7 Å². The van der Waals surface area contributed by atoms with Crippen molar-refractivity contribution in [1.29, 1.82) is 0 Å². The lowest BCUT2D eigenvalue weighted by molar-refractivity contribution is 0.208. The van der Waals surface area contributed by atoms with Gasteiger partial charge in [0.05, 0.1) is 13.2 Å². The van der Waals surface area contributed by atoms with Gasteiger partial charge in [0.15, 0.2) is 0 Å². The highest BCUT2D eigenvalue weighted by Crippen LogP contribution is 1.78. The first-order chi connectivity index (χ1) is 4.35. The molecular formula is C5H10NO3. The maximum absolute atomic E-state index is 9.86. The first-order valence-electron chi connectivity index (χ1n) is 2.69. The minimum Gasteiger partial charge on any atom is -0.395 e. The van der Waals surface area contributed by atoms with Crippen molar-refractivity contribution >= 4 is 6.41 Å². The topological polar surface area (TPSA) is 60.8 Å². The molecule has 1 amide bonds. The normalized spacial score (nSPS) is 9.11. The quantitative estimate of drug-likeness (QED) is 0.440. The van der Waals surface area contributed by atoms with Gasteiger partial charge in [-0.05, 0) is 0 Å². The molecule has 0 aromatic carbocycles. The summed E-state index contributed by atoms with van der Waals surface area (Å²) in [5.41, 5.74) is 0. The van der Waals surface area contributed by atoms with Gasteiger partial charge in [-0.2, -0.15) is 0 Å². The highest BCUT2D eigenvalue weighted by Gasteiger charge is 1.97. The van der Waals surface area contributed by atoms with Crippen LogP contribution in [0.2, 0.25) is 0 Å². The fourth-order valence-electron chi connectivity index (χ4n) is 0.445. The summed E-state index contributed by atoms with van der Waals surface area (Å²) in [6.07, 6.45) is 1.57. The van der Waals surface area contributed by atoms with Crippen LogP contribution in [0, 0.1) is 0 Å². The molecule has 9 heavy (non-hydrogen) atoms. The molecule has 0 rings (SSSR count). The molecule has 0 atom stereocenters. The molecule has 4 heteroatoms. The number of rotatable bonds is 5. The standard InChI is InChI=1S/C5H10NO3/c7-3-1-6(5-9)2-4-8/h7-8H,1-4H2. The highest BCUT2D eigenvalue weighted by molar-refractivity contribution is 5.47. The second-order valence-electron chi connectivity index (χ2n) is 1.53. The van der Waals surface area contributed by atoms with E-state index in [1.54, 1.807) is 6.41 Å². The Hall–Kier alpha value is -0.610. The van der Waals surface area contributed by atoms with E-state index in [1.807, 2.05) is 0 Å². The zero-order valence-electron chi connectivity index (χ0n) is 5.08. The van der Waals surface area contributed by atoms with E-state index in [-0.39, 0.29) is 26.3 Å². The van der Waals surface area contributed by atoms with Crippen LogP contribution in [0.15, 0.2) is 0 Å². The molecule has 1 radical (unpaired) electrons. The first kappa shape index (κ1) is 8.39. The van der Waals surface area contributed by atoms with E-state index in [2.05, 4.69) is 0 Å². The van der Waals surface area contributed by atoms with Crippen molar-refractivity contribution in [3.63, 3.8) is 0 Å². The van der Waals surface area contributed by atoms with Gasteiger partial charge in [0.25, 0.3) is 0 Å². The molecule has 0 saturated carbocycles. The summed E-state index contributed by atoms with van der Waals surface area (Å²) in [6.45, 7) is 0.304. The molecule has 0 aromatic rings. The molecule has 0 spiro atoms. The van der Waals surface area contributed by atoms with E-state index >= 15 is 0 Å². The molecule has 2 N–H and O–H groups in total. The maximum Gasteiger partial charge on any atom is 0.312 e. The molecule has 0 bridgehead atoms. The second-order valence-corrected chi connectivity index (χ2v) is 1.53. The zero-order chi connectivity index (χ0) is 7.11. The number of amides is 1. The van der Waals surface area contributed by atoms with Gasteiger partial charge in [-0.15, -0.1) is 0 Å². The Morgan fingerprint density at radius 1 is 1.22 bits per heavy atom. The average molecular weight is 132 g/mol. The van der Waals surface area contributed by atoms with Crippen molar-refractivity contribution in [2.75, 3.05) is 26.3 Å². The Morgan fingerprint density at radius 3 is 1.89 bits per heavy atom. The van der Waals surface area contributed by atoms with Crippen LogP contribution < -0.4 is 0 Å². The van der Waals surface area contributed by atoms with Crippen molar-refractivity contribution in [3.05, 3.63) is 0 Å². The third-order valence-electron chi connectivity index (χ3n) is 0.869. The van der Waals surface area contributed by atoms with Crippen LogP contribution in [0.5, 0.6) is 0 Å². The van der Waals surface area contributed by atoms with Crippen LogP contribution in [0.4, 0.5) is 0 Å². The van der Waals surface area contributed by atoms with E-state index in [0.29, 0.717) is 0 Å². The fraction of sp³-hybridized carbons (Fsp3) is 0.800. The number of hydrogen-bond acceptors (Lipinski definition) is 3. The van der Waals surface area contributed by atoms with Crippen LogP contribution in [0.25, 0.3) is 0 Å². The van der Waals surface area contributed by atoms with Gasteiger partial charge in [-0.1, -0.05) is 0 Å². The van der Waals surface area contributed by atoms with Crippen LogP contribution in [-0.4, -0.2) is 47.8 Å². The molecular weight excluding hydrogens is 122 g/mol. The monoisotopic (exact) mass is 132 g/mol. The largest absolute Gasteiger partial charge is 0.395 e. The van der Waals surface area contributed by atoms with Crippen molar-refractivity contribution in [2.24, 2.45) is 0 Å². The minimum atomic E-state index is -0.0881. The number of carbonyl (C=O) groups excluding carboxylic acids is 1. The number of hydrogen-bond donors (Lipinski definition) is 2. The Kier molecular flexibility index (Phi) is 5.15. The van der Waals surface area contributed by atoms with Crippen molar-refractivity contribution in [3.8, 4) is 0 Å². The van der Waals surface area contributed by atoms with E-state index < -0.39 is 0 Å². The molecule has 0 heterocycles. The highest BCUT2D eigenvalue weighted by atomic mass is 16.3. The second kappa shape index (κ2) is 5.53. The smallest absolute Gasteiger partial charge is 0.312 e. The molecule has 0 fully saturated rings. The summed E-state index contributed by atoms with van der Waals surface area (Å²) in [5.74, 6) is 0. The lowest BCUT2D eigenvalue weighted by Gasteiger charge is -2.11. The summed E-state index contributed by atoms with van der Waals surface area (Å²) >= 11 is 0. The molecule has 0 aliphatic heterocycles. The molecule has 0 aromatic heterocycles. The van der Waals surface area contributed by atoms with Crippen molar-refractivity contribution < 1.29 is 15.0 Å². The lowest BCUT2D eigenvalue weighted by atomic mass is 10.5. The zero-order valence-corrected chi connectivity index (χ0v) is 5.08.